The van der Waals surface area contributed by atoms with E-state index in [0.717, 1.165) is 39.1 Å². The zero-order valence-corrected chi connectivity index (χ0v) is 20.0. The van der Waals surface area contributed by atoms with Crippen LogP contribution in [0.4, 0.5) is 0 Å². The SMILES string of the molecule is c1ccc(-c2nc(-n3c4cc5ccccc5cc4c4c5ccccc5ccc43)c3ccccc3n2)cc1. The van der Waals surface area contributed by atoms with Crippen molar-refractivity contribution in [1.29, 1.82) is 0 Å². The Morgan fingerprint density at radius 2 is 1.14 bits per heavy atom. The number of hydrogen-bond donors (Lipinski definition) is 0. The average Bonchev–Trinajstić information content (AvgIpc) is 3.29. The van der Waals surface area contributed by atoms with Crippen molar-refractivity contribution in [3.05, 3.63) is 127 Å². The van der Waals surface area contributed by atoms with Gasteiger partial charge in [-0.3, -0.25) is 4.57 Å². The highest BCUT2D eigenvalue weighted by Crippen LogP contribution is 2.39. The van der Waals surface area contributed by atoms with Crippen molar-refractivity contribution >= 4 is 54.3 Å². The Balaban J connectivity index is 1.59. The first-order chi connectivity index (χ1) is 18.3. The molecule has 0 saturated heterocycles. The summed E-state index contributed by atoms with van der Waals surface area (Å²) in [4.78, 5) is 10.2. The van der Waals surface area contributed by atoms with Crippen LogP contribution in [0, 0.1) is 0 Å². The topological polar surface area (TPSA) is 30.7 Å². The predicted molar refractivity (Wildman–Crippen MR) is 154 cm³/mol. The molecule has 0 spiro atoms. The van der Waals surface area contributed by atoms with Crippen LogP contribution in [0.5, 0.6) is 0 Å². The van der Waals surface area contributed by atoms with Crippen LogP contribution in [0.15, 0.2) is 127 Å². The molecule has 0 N–H and O–H groups in total. The van der Waals surface area contributed by atoms with Gasteiger partial charge in [0.05, 0.1) is 16.6 Å². The maximum Gasteiger partial charge on any atom is 0.162 e. The Hall–Kier alpha value is -5.02. The van der Waals surface area contributed by atoms with Crippen molar-refractivity contribution in [3.8, 4) is 17.2 Å². The fraction of sp³-hybridized carbons (Fsp3) is 0. The maximum absolute atomic E-state index is 5.23. The molecule has 0 unspecified atom stereocenters. The van der Waals surface area contributed by atoms with Gasteiger partial charge in [0.15, 0.2) is 5.82 Å². The highest BCUT2D eigenvalue weighted by atomic mass is 15.1. The lowest BCUT2D eigenvalue weighted by atomic mass is 10.0. The van der Waals surface area contributed by atoms with Gasteiger partial charge in [-0.05, 0) is 51.9 Å². The van der Waals surface area contributed by atoms with Crippen molar-refractivity contribution < 1.29 is 0 Å². The van der Waals surface area contributed by atoms with Crippen molar-refractivity contribution in [2.75, 3.05) is 0 Å². The van der Waals surface area contributed by atoms with E-state index in [4.69, 9.17) is 9.97 Å². The summed E-state index contributed by atoms with van der Waals surface area (Å²) in [6.07, 6.45) is 0. The molecule has 2 aromatic heterocycles. The fourth-order valence-corrected chi connectivity index (χ4v) is 5.65. The number of benzene rings is 6. The van der Waals surface area contributed by atoms with E-state index in [9.17, 15) is 0 Å². The first-order valence-corrected chi connectivity index (χ1v) is 12.5. The van der Waals surface area contributed by atoms with Crippen LogP contribution in [-0.4, -0.2) is 14.5 Å². The van der Waals surface area contributed by atoms with Crippen LogP contribution >= 0.6 is 0 Å². The molecule has 3 heteroatoms. The van der Waals surface area contributed by atoms with E-state index in [1.807, 2.05) is 24.3 Å². The third-order valence-electron chi connectivity index (χ3n) is 7.35. The van der Waals surface area contributed by atoms with Crippen LogP contribution in [-0.2, 0) is 0 Å². The second-order valence-electron chi connectivity index (χ2n) is 9.49. The first-order valence-electron chi connectivity index (χ1n) is 12.5. The van der Waals surface area contributed by atoms with Crippen LogP contribution < -0.4 is 0 Å². The highest BCUT2D eigenvalue weighted by molar-refractivity contribution is 6.23. The Kier molecular flexibility index (Phi) is 4.23. The van der Waals surface area contributed by atoms with E-state index in [1.165, 1.54) is 32.3 Å². The minimum atomic E-state index is 0.728. The van der Waals surface area contributed by atoms with Gasteiger partial charge in [0, 0.05) is 21.7 Å². The van der Waals surface area contributed by atoms with Crippen molar-refractivity contribution in [2.45, 2.75) is 0 Å². The largest absolute Gasteiger partial charge is 0.293 e. The molecular formula is C34H21N3. The molecule has 0 bridgehead atoms. The smallest absolute Gasteiger partial charge is 0.162 e. The maximum atomic E-state index is 5.23. The highest BCUT2D eigenvalue weighted by Gasteiger charge is 2.19. The van der Waals surface area contributed by atoms with E-state index in [2.05, 4.69) is 108 Å². The van der Waals surface area contributed by atoms with Gasteiger partial charge in [-0.1, -0.05) is 97.1 Å². The molecule has 0 atom stereocenters. The number of hydrogen-bond acceptors (Lipinski definition) is 2. The van der Waals surface area contributed by atoms with Gasteiger partial charge in [-0.25, -0.2) is 9.97 Å². The number of rotatable bonds is 2. The Labute approximate surface area is 213 Å². The molecule has 2 heterocycles. The third-order valence-corrected chi connectivity index (χ3v) is 7.35. The lowest BCUT2D eigenvalue weighted by molar-refractivity contribution is 1.08. The zero-order valence-electron chi connectivity index (χ0n) is 20.0. The molecule has 0 aliphatic heterocycles. The molecule has 3 nitrogen and oxygen atoms in total. The number of fused-ring (bicyclic) bond motifs is 7. The summed E-state index contributed by atoms with van der Waals surface area (Å²) in [5.74, 6) is 1.63. The average molecular weight is 472 g/mol. The second-order valence-corrected chi connectivity index (χ2v) is 9.49. The van der Waals surface area contributed by atoms with Crippen molar-refractivity contribution in [1.82, 2.24) is 14.5 Å². The van der Waals surface area contributed by atoms with E-state index in [-0.39, 0.29) is 0 Å². The number of nitrogens with zero attached hydrogens (tertiary/aromatic N) is 3. The lowest BCUT2D eigenvalue weighted by Gasteiger charge is -2.13. The summed E-state index contributed by atoms with van der Waals surface area (Å²) >= 11 is 0. The molecule has 172 valence electrons. The monoisotopic (exact) mass is 471 g/mol. The van der Waals surface area contributed by atoms with Gasteiger partial charge in [-0.2, -0.15) is 0 Å². The molecule has 0 fully saturated rings. The molecule has 0 aliphatic carbocycles. The first kappa shape index (κ1) is 20.2. The minimum Gasteiger partial charge on any atom is -0.293 e. The molecule has 0 radical (unpaired) electrons. The van der Waals surface area contributed by atoms with Gasteiger partial charge in [0.1, 0.15) is 5.82 Å². The van der Waals surface area contributed by atoms with E-state index >= 15 is 0 Å². The molecule has 0 amide bonds. The van der Waals surface area contributed by atoms with Crippen LogP contribution in [0.2, 0.25) is 0 Å². The quantitative estimate of drug-likeness (QED) is 0.252. The van der Waals surface area contributed by atoms with Gasteiger partial charge in [-0.15, -0.1) is 0 Å². The predicted octanol–water partition coefficient (Wildman–Crippen LogP) is 8.70. The van der Waals surface area contributed by atoms with Crippen molar-refractivity contribution in [2.24, 2.45) is 0 Å². The van der Waals surface area contributed by atoms with Crippen LogP contribution in [0.1, 0.15) is 0 Å². The zero-order chi connectivity index (χ0) is 24.3. The van der Waals surface area contributed by atoms with Gasteiger partial charge in [0.2, 0.25) is 0 Å². The molecule has 6 aromatic carbocycles. The molecule has 0 saturated carbocycles. The molecular weight excluding hydrogens is 450 g/mol. The summed E-state index contributed by atoms with van der Waals surface area (Å²) in [7, 11) is 0. The Morgan fingerprint density at radius 1 is 0.459 bits per heavy atom. The molecule has 0 aliphatic rings. The molecule has 37 heavy (non-hydrogen) atoms. The number of aromatic nitrogens is 3. The fourth-order valence-electron chi connectivity index (χ4n) is 5.65. The molecule has 8 rings (SSSR count). The molecule has 8 aromatic rings. The summed E-state index contributed by atoms with van der Waals surface area (Å²) < 4.78 is 2.33. The summed E-state index contributed by atoms with van der Waals surface area (Å²) in [5.41, 5.74) is 4.23. The van der Waals surface area contributed by atoms with Crippen LogP contribution in [0.3, 0.4) is 0 Å². The summed E-state index contributed by atoms with van der Waals surface area (Å²) in [5, 5.41) is 8.45. The standard InChI is InChI=1S/C34H21N3/c1-2-11-23(12-3-1)33-35-29-17-9-8-16-27(29)34(36-33)37-30-19-18-22-10-6-7-15-26(22)32(30)28-20-24-13-4-5-14-25(24)21-31(28)37/h1-21H. The third kappa shape index (κ3) is 3.01. The lowest BCUT2D eigenvalue weighted by Crippen LogP contribution is -2.02. The van der Waals surface area contributed by atoms with Gasteiger partial charge < -0.3 is 0 Å². The van der Waals surface area contributed by atoms with Gasteiger partial charge in [0.25, 0.3) is 0 Å². The summed E-state index contributed by atoms with van der Waals surface area (Å²) in [6, 6.07) is 44.9. The Bertz CT molecular complexity index is 2140. The van der Waals surface area contributed by atoms with Gasteiger partial charge >= 0.3 is 0 Å². The number of para-hydroxylation sites is 1. The normalized spacial score (nSPS) is 11.8. The minimum absolute atomic E-state index is 0.728. The summed E-state index contributed by atoms with van der Waals surface area (Å²) in [6.45, 7) is 0. The van der Waals surface area contributed by atoms with E-state index in [0.29, 0.717) is 0 Å². The van der Waals surface area contributed by atoms with Crippen molar-refractivity contribution in [3.63, 3.8) is 0 Å². The second kappa shape index (κ2) is 7.74. The van der Waals surface area contributed by atoms with E-state index < -0.39 is 0 Å². The van der Waals surface area contributed by atoms with Crippen LogP contribution in [0.25, 0.3) is 71.5 Å². The Morgan fingerprint density at radius 3 is 1.97 bits per heavy atom. The van der Waals surface area contributed by atoms with E-state index in [1.54, 1.807) is 0 Å².